The Bertz CT molecular complexity index is 3680. The van der Waals surface area contributed by atoms with Gasteiger partial charge in [0.1, 0.15) is 0 Å². The van der Waals surface area contributed by atoms with Crippen LogP contribution in [0, 0.1) is 0 Å². The highest BCUT2D eigenvalue weighted by Gasteiger charge is 2.16. The topological polar surface area (TPSA) is 3.24 Å². The van der Waals surface area contributed by atoms with Crippen molar-refractivity contribution in [3.63, 3.8) is 0 Å². The van der Waals surface area contributed by atoms with Crippen LogP contribution in [0.1, 0.15) is 0 Å². The number of fused-ring (bicyclic) bond motifs is 6. The molecule has 12 aromatic rings. The lowest BCUT2D eigenvalue weighted by Crippen LogP contribution is -2.09. The molecule has 304 valence electrons. The summed E-state index contributed by atoms with van der Waals surface area (Å²) in [6.07, 6.45) is 0. The van der Waals surface area contributed by atoms with E-state index in [-0.39, 0.29) is 0 Å². The van der Waals surface area contributed by atoms with Gasteiger partial charge in [-0.25, -0.2) is 0 Å². The Morgan fingerprint density at radius 1 is 0.185 bits per heavy atom. The summed E-state index contributed by atoms with van der Waals surface area (Å²) in [7, 11) is 0. The summed E-state index contributed by atoms with van der Waals surface area (Å²) < 4.78 is 0. The average Bonchev–Trinajstić information content (AvgIpc) is 3.39. The van der Waals surface area contributed by atoms with Crippen LogP contribution in [0.25, 0.3) is 98.7 Å². The Labute approximate surface area is 379 Å². The smallest absolute Gasteiger partial charge is 0.0462 e. The van der Waals surface area contributed by atoms with Crippen molar-refractivity contribution >= 4 is 60.2 Å². The number of anilines is 3. The number of benzene rings is 12. The fraction of sp³-hybridized carbons (Fsp3) is 0. The van der Waals surface area contributed by atoms with E-state index in [1.54, 1.807) is 0 Å². The Morgan fingerprint density at radius 3 is 0.985 bits per heavy atom. The third-order valence-corrected chi connectivity index (χ3v) is 13.0. The minimum atomic E-state index is 1.09. The van der Waals surface area contributed by atoms with Crippen molar-refractivity contribution in [1.82, 2.24) is 0 Å². The van der Waals surface area contributed by atoms with E-state index < -0.39 is 0 Å². The number of hydrogen-bond donors (Lipinski definition) is 0. The van der Waals surface area contributed by atoms with Crippen LogP contribution in [0.2, 0.25) is 0 Å². The molecule has 0 radical (unpaired) electrons. The molecule has 0 aliphatic rings. The number of hydrogen-bond acceptors (Lipinski definition) is 1. The van der Waals surface area contributed by atoms with Crippen molar-refractivity contribution in [2.45, 2.75) is 0 Å². The summed E-state index contributed by atoms with van der Waals surface area (Å²) in [5.74, 6) is 0. The van der Waals surface area contributed by atoms with Crippen LogP contribution in [-0.4, -0.2) is 0 Å². The van der Waals surface area contributed by atoms with Crippen LogP contribution < -0.4 is 4.90 Å². The van der Waals surface area contributed by atoms with E-state index in [0.29, 0.717) is 0 Å². The van der Waals surface area contributed by atoms with Crippen molar-refractivity contribution in [2.24, 2.45) is 0 Å². The Kier molecular flexibility index (Phi) is 9.58. The molecule has 0 N–H and O–H groups in total. The standard InChI is InChI=1S/C64H43N/c1-2-14-44(15-3-1)48-18-12-19-49(40-48)45-28-34-54(35-29-45)65(56-38-32-47(33-39-56)63-42-52-16-4-6-22-57(52)59-24-8-10-26-61(59)63)55-36-30-46(31-37-55)50-20-13-21-51(41-50)64-43-53-17-5-7-23-58(53)60-25-9-11-27-62(60)64/h1-43H. The summed E-state index contributed by atoms with van der Waals surface area (Å²) >= 11 is 0. The van der Waals surface area contributed by atoms with Gasteiger partial charge in [0, 0.05) is 17.1 Å². The molecule has 1 nitrogen and oxygen atoms in total. The molecule has 0 unspecified atom stereocenters. The van der Waals surface area contributed by atoms with Gasteiger partial charge in [-0.1, -0.05) is 200 Å². The lowest BCUT2D eigenvalue weighted by Gasteiger charge is -2.26. The van der Waals surface area contributed by atoms with Crippen molar-refractivity contribution < 1.29 is 0 Å². The maximum Gasteiger partial charge on any atom is 0.0462 e. The SMILES string of the molecule is c1ccc(-c2cccc(-c3ccc(N(c4ccc(-c5cccc(-c6cc7ccccc7c7ccccc67)c5)cc4)c4ccc(-c5cc6ccccc6c6ccccc56)cc4)cc3)c2)cc1. The van der Waals surface area contributed by atoms with Crippen LogP contribution in [0.4, 0.5) is 17.1 Å². The van der Waals surface area contributed by atoms with E-state index in [1.165, 1.54) is 98.7 Å². The Morgan fingerprint density at radius 2 is 0.508 bits per heavy atom. The lowest BCUT2D eigenvalue weighted by molar-refractivity contribution is 1.28. The average molecular weight is 826 g/mol. The van der Waals surface area contributed by atoms with Gasteiger partial charge in [-0.2, -0.15) is 0 Å². The van der Waals surface area contributed by atoms with E-state index in [0.717, 1.165) is 17.1 Å². The number of rotatable bonds is 8. The van der Waals surface area contributed by atoms with Gasteiger partial charge < -0.3 is 4.90 Å². The van der Waals surface area contributed by atoms with Crippen LogP contribution in [0.5, 0.6) is 0 Å². The minimum Gasteiger partial charge on any atom is -0.311 e. The molecule has 0 amide bonds. The predicted molar refractivity (Wildman–Crippen MR) is 278 cm³/mol. The van der Waals surface area contributed by atoms with Gasteiger partial charge in [0.15, 0.2) is 0 Å². The molecule has 0 atom stereocenters. The van der Waals surface area contributed by atoms with Crippen molar-refractivity contribution in [3.05, 3.63) is 261 Å². The van der Waals surface area contributed by atoms with Crippen LogP contribution in [0.15, 0.2) is 261 Å². The Balaban J connectivity index is 0.924. The highest BCUT2D eigenvalue weighted by atomic mass is 15.1. The van der Waals surface area contributed by atoms with Crippen LogP contribution in [-0.2, 0) is 0 Å². The molecule has 0 aliphatic carbocycles. The van der Waals surface area contributed by atoms with Gasteiger partial charge in [-0.3, -0.25) is 0 Å². The normalized spacial score (nSPS) is 11.4. The van der Waals surface area contributed by atoms with E-state index >= 15 is 0 Å². The molecule has 0 aromatic heterocycles. The summed E-state index contributed by atoms with van der Waals surface area (Å²) in [5, 5.41) is 10.1. The van der Waals surface area contributed by atoms with E-state index in [4.69, 9.17) is 0 Å². The molecule has 65 heavy (non-hydrogen) atoms. The summed E-state index contributed by atoms with van der Waals surface area (Å²) in [6, 6.07) is 95.1. The van der Waals surface area contributed by atoms with Crippen molar-refractivity contribution in [1.29, 1.82) is 0 Å². The quantitative estimate of drug-likeness (QED) is 0.138. The molecular weight excluding hydrogens is 783 g/mol. The summed E-state index contributed by atoms with van der Waals surface area (Å²) in [6.45, 7) is 0. The van der Waals surface area contributed by atoms with Gasteiger partial charge in [0.05, 0.1) is 0 Å². The molecule has 0 saturated carbocycles. The molecule has 0 saturated heterocycles. The predicted octanol–water partition coefficient (Wildman–Crippen LogP) is 18.1. The number of nitrogens with zero attached hydrogens (tertiary/aromatic N) is 1. The first-order valence-corrected chi connectivity index (χ1v) is 22.4. The van der Waals surface area contributed by atoms with E-state index in [2.05, 4.69) is 266 Å². The molecule has 0 spiro atoms. The zero-order chi connectivity index (χ0) is 43.1. The fourth-order valence-corrected chi connectivity index (χ4v) is 9.80. The molecule has 1 heteroatoms. The maximum absolute atomic E-state index is 2.37. The highest BCUT2D eigenvalue weighted by Crippen LogP contribution is 2.41. The first kappa shape index (κ1) is 38.2. The molecule has 0 heterocycles. The second-order valence-electron chi connectivity index (χ2n) is 16.9. The second-order valence-corrected chi connectivity index (χ2v) is 16.9. The van der Waals surface area contributed by atoms with Crippen LogP contribution in [0.3, 0.4) is 0 Å². The van der Waals surface area contributed by atoms with Gasteiger partial charge in [0.2, 0.25) is 0 Å². The first-order chi connectivity index (χ1) is 32.2. The zero-order valence-electron chi connectivity index (χ0n) is 35.8. The summed E-state index contributed by atoms with van der Waals surface area (Å²) in [5.41, 5.74) is 15.3. The molecule has 12 rings (SSSR count). The highest BCUT2D eigenvalue weighted by molar-refractivity contribution is 6.15. The summed E-state index contributed by atoms with van der Waals surface area (Å²) in [4.78, 5) is 2.37. The Hall–Kier alpha value is -8.52. The monoisotopic (exact) mass is 825 g/mol. The van der Waals surface area contributed by atoms with Gasteiger partial charge in [-0.15, -0.1) is 0 Å². The molecule has 0 fully saturated rings. The van der Waals surface area contributed by atoms with Gasteiger partial charge in [-0.05, 0) is 159 Å². The van der Waals surface area contributed by atoms with Crippen molar-refractivity contribution in [3.8, 4) is 55.6 Å². The van der Waals surface area contributed by atoms with Gasteiger partial charge >= 0.3 is 0 Å². The first-order valence-electron chi connectivity index (χ1n) is 22.4. The van der Waals surface area contributed by atoms with Crippen molar-refractivity contribution in [2.75, 3.05) is 4.90 Å². The molecular formula is C64H43N. The van der Waals surface area contributed by atoms with E-state index in [9.17, 15) is 0 Å². The maximum atomic E-state index is 2.37. The fourth-order valence-electron chi connectivity index (χ4n) is 9.80. The van der Waals surface area contributed by atoms with E-state index in [1.807, 2.05) is 0 Å². The second kappa shape index (κ2) is 16.3. The molecule has 0 bridgehead atoms. The minimum absolute atomic E-state index is 1.09. The van der Waals surface area contributed by atoms with Gasteiger partial charge in [0.25, 0.3) is 0 Å². The zero-order valence-corrected chi connectivity index (χ0v) is 35.8. The third-order valence-electron chi connectivity index (χ3n) is 13.0. The lowest BCUT2D eigenvalue weighted by atomic mass is 9.92. The third kappa shape index (κ3) is 7.10. The molecule has 0 aliphatic heterocycles. The van der Waals surface area contributed by atoms with Crippen LogP contribution >= 0.6 is 0 Å². The largest absolute Gasteiger partial charge is 0.311 e. The molecule has 12 aromatic carbocycles.